The van der Waals surface area contributed by atoms with Crippen molar-refractivity contribution in [3.63, 3.8) is 0 Å². The zero-order valence-corrected chi connectivity index (χ0v) is 20.9. The Morgan fingerprint density at radius 1 is 0.795 bits per heavy atom. The van der Waals surface area contributed by atoms with Gasteiger partial charge in [0.15, 0.2) is 11.6 Å². The average molecular weight is 511 g/mol. The minimum atomic E-state index is 0.619. The first-order valence-electron chi connectivity index (χ1n) is 12.4. The third kappa shape index (κ3) is 4.23. The van der Waals surface area contributed by atoms with Gasteiger partial charge in [0.05, 0.1) is 18.8 Å². The van der Waals surface area contributed by atoms with Crippen LogP contribution in [0.25, 0.3) is 44.0 Å². The van der Waals surface area contributed by atoms with E-state index in [1.807, 2.05) is 48.7 Å². The summed E-state index contributed by atoms with van der Waals surface area (Å²) in [5.41, 5.74) is 5.19. The van der Waals surface area contributed by atoms with Crippen molar-refractivity contribution < 1.29 is 9.47 Å². The van der Waals surface area contributed by atoms with Crippen LogP contribution in [0.3, 0.4) is 0 Å². The fraction of sp³-hybridized carbons (Fsp3) is 0.0323. The number of hydrogen-bond donors (Lipinski definition) is 2. The molecule has 0 amide bonds. The van der Waals surface area contributed by atoms with Gasteiger partial charge in [-0.2, -0.15) is 0 Å². The number of anilines is 2. The van der Waals surface area contributed by atoms with E-state index < -0.39 is 0 Å². The molecule has 4 heterocycles. The number of methoxy groups -OCH3 is 1. The fourth-order valence-electron chi connectivity index (χ4n) is 4.66. The number of aromatic amines is 1. The lowest BCUT2D eigenvalue weighted by Crippen LogP contribution is -1.99. The van der Waals surface area contributed by atoms with Gasteiger partial charge in [0.1, 0.15) is 22.7 Å². The maximum atomic E-state index is 6.13. The molecule has 0 aliphatic carbocycles. The SMILES string of the molecule is COc1cnc2c(Oc3ccc(Nc4nnc(-c5ccc6[nH]ccc6c5)c5ccccc45)cc3)ccnc2c1. The van der Waals surface area contributed by atoms with Crippen LogP contribution in [-0.2, 0) is 0 Å². The van der Waals surface area contributed by atoms with Crippen LogP contribution in [0.1, 0.15) is 0 Å². The second-order valence-corrected chi connectivity index (χ2v) is 9.03. The zero-order valence-electron chi connectivity index (χ0n) is 20.9. The molecule has 0 spiro atoms. The molecule has 4 aromatic heterocycles. The van der Waals surface area contributed by atoms with Gasteiger partial charge < -0.3 is 19.8 Å². The molecule has 0 radical (unpaired) electrons. The van der Waals surface area contributed by atoms with E-state index in [2.05, 4.69) is 66.9 Å². The van der Waals surface area contributed by atoms with Crippen LogP contribution >= 0.6 is 0 Å². The van der Waals surface area contributed by atoms with Gasteiger partial charge in [-0.25, -0.2) is 4.98 Å². The topological polar surface area (TPSA) is 97.8 Å². The van der Waals surface area contributed by atoms with Gasteiger partial charge >= 0.3 is 0 Å². The number of nitrogens with one attached hydrogen (secondary N) is 2. The van der Waals surface area contributed by atoms with Crippen LogP contribution in [0.15, 0.2) is 104 Å². The van der Waals surface area contributed by atoms with E-state index in [-0.39, 0.29) is 0 Å². The molecule has 0 aliphatic rings. The summed E-state index contributed by atoms with van der Waals surface area (Å²) < 4.78 is 11.4. The molecule has 0 bridgehead atoms. The molecule has 7 rings (SSSR count). The molecule has 0 unspecified atom stereocenters. The summed E-state index contributed by atoms with van der Waals surface area (Å²) >= 11 is 0. The maximum Gasteiger partial charge on any atom is 0.161 e. The Bertz CT molecular complexity index is 1970. The van der Waals surface area contributed by atoms with Crippen LogP contribution in [0.5, 0.6) is 17.2 Å². The predicted octanol–water partition coefficient (Wildman–Crippen LogP) is 7.27. The fourth-order valence-corrected chi connectivity index (χ4v) is 4.66. The Morgan fingerprint density at radius 3 is 2.54 bits per heavy atom. The highest BCUT2D eigenvalue weighted by Gasteiger charge is 2.13. The Morgan fingerprint density at radius 2 is 1.67 bits per heavy atom. The Balaban J connectivity index is 1.16. The van der Waals surface area contributed by atoms with Crippen LogP contribution in [-0.4, -0.2) is 32.3 Å². The lowest BCUT2D eigenvalue weighted by Gasteiger charge is -2.12. The Kier molecular flexibility index (Phi) is 5.48. The third-order valence-corrected chi connectivity index (χ3v) is 6.61. The van der Waals surface area contributed by atoms with Crippen molar-refractivity contribution in [3.8, 4) is 28.5 Å². The number of hydrogen-bond acceptors (Lipinski definition) is 7. The van der Waals surface area contributed by atoms with Crippen molar-refractivity contribution >= 4 is 44.2 Å². The van der Waals surface area contributed by atoms with E-state index in [0.29, 0.717) is 34.1 Å². The number of fused-ring (bicyclic) bond motifs is 3. The normalized spacial score (nSPS) is 11.2. The second-order valence-electron chi connectivity index (χ2n) is 9.03. The van der Waals surface area contributed by atoms with Crippen LogP contribution in [0.4, 0.5) is 11.5 Å². The largest absolute Gasteiger partial charge is 0.495 e. The zero-order chi connectivity index (χ0) is 26.2. The molecule has 188 valence electrons. The lowest BCUT2D eigenvalue weighted by atomic mass is 10.0. The highest BCUT2D eigenvalue weighted by molar-refractivity contribution is 6.02. The number of pyridine rings is 2. The minimum absolute atomic E-state index is 0.619. The summed E-state index contributed by atoms with van der Waals surface area (Å²) in [4.78, 5) is 12.1. The number of rotatable bonds is 6. The summed E-state index contributed by atoms with van der Waals surface area (Å²) in [5, 5.41) is 15.7. The van der Waals surface area contributed by atoms with Crippen LogP contribution < -0.4 is 14.8 Å². The van der Waals surface area contributed by atoms with Crippen molar-refractivity contribution in [2.75, 3.05) is 12.4 Å². The van der Waals surface area contributed by atoms with Gasteiger partial charge in [-0.1, -0.05) is 30.3 Å². The molecular formula is C31H22N6O2. The van der Waals surface area contributed by atoms with E-state index in [0.717, 1.165) is 38.6 Å². The molecule has 0 aliphatic heterocycles. The predicted molar refractivity (Wildman–Crippen MR) is 153 cm³/mol. The molecule has 39 heavy (non-hydrogen) atoms. The van der Waals surface area contributed by atoms with Gasteiger partial charge in [0, 0.05) is 57.5 Å². The first-order valence-corrected chi connectivity index (χ1v) is 12.4. The number of benzene rings is 3. The maximum absolute atomic E-state index is 6.13. The minimum Gasteiger partial charge on any atom is -0.495 e. The van der Waals surface area contributed by atoms with Crippen LogP contribution in [0, 0.1) is 0 Å². The van der Waals surface area contributed by atoms with Crippen LogP contribution in [0.2, 0.25) is 0 Å². The molecular weight excluding hydrogens is 488 g/mol. The number of aromatic nitrogens is 5. The molecule has 0 atom stereocenters. The first kappa shape index (κ1) is 22.7. The monoisotopic (exact) mass is 510 g/mol. The van der Waals surface area contributed by atoms with Crippen molar-refractivity contribution in [1.82, 2.24) is 25.1 Å². The van der Waals surface area contributed by atoms with Gasteiger partial charge in [0.2, 0.25) is 0 Å². The molecule has 0 saturated carbocycles. The summed E-state index contributed by atoms with van der Waals surface area (Å²) in [6.07, 6.45) is 5.28. The van der Waals surface area contributed by atoms with E-state index >= 15 is 0 Å². The quantitative estimate of drug-likeness (QED) is 0.243. The summed E-state index contributed by atoms with van der Waals surface area (Å²) in [6, 6.07) is 27.8. The second kappa shape index (κ2) is 9.42. The summed E-state index contributed by atoms with van der Waals surface area (Å²) in [6.45, 7) is 0. The summed E-state index contributed by atoms with van der Waals surface area (Å²) in [7, 11) is 1.60. The van der Waals surface area contributed by atoms with E-state index in [1.165, 1.54) is 0 Å². The summed E-state index contributed by atoms with van der Waals surface area (Å²) in [5.74, 6) is 2.63. The first-order chi connectivity index (χ1) is 19.2. The molecule has 7 aromatic rings. The van der Waals surface area contributed by atoms with Crippen molar-refractivity contribution in [2.45, 2.75) is 0 Å². The number of nitrogens with zero attached hydrogens (tertiary/aromatic N) is 4. The van der Waals surface area contributed by atoms with Gasteiger partial charge in [-0.3, -0.25) is 4.98 Å². The average Bonchev–Trinajstić information content (AvgIpc) is 3.46. The highest BCUT2D eigenvalue weighted by Crippen LogP contribution is 2.33. The van der Waals surface area contributed by atoms with Gasteiger partial charge in [-0.15, -0.1) is 10.2 Å². The number of ether oxygens (including phenoxy) is 2. The van der Waals surface area contributed by atoms with Crippen molar-refractivity contribution in [2.24, 2.45) is 0 Å². The van der Waals surface area contributed by atoms with Crippen molar-refractivity contribution in [1.29, 1.82) is 0 Å². The van der Waals surface area contributed by atoms with Gasteiger partial charge in [0.25, 0.3) is 0 Å². The molecule has 2 N–H and O–H groups in total. The Hall–Kier alpha value is -5.50. The van der Waals surface area contributed by atoms with E-state index in [9.17, 15) is 0 Å². The standard InChI is InChI=1S/C31H22N6O2/c1-38-23-17-27-30(34-18-23)28(13-15-33-27)39-22-9-7-21(8-10-22)35-31-25-5-3-2-4-24(25)29(36-37-31)20-6-11-26-19(16-20)12-14-32-26/h2-18,32H,1H3,(H,35,37). The van der Waals surface area contributed by atoms with Crippen molar-refractivity contribution in [3.05, 3.63) is 104 Å². The van der Waals surface area contributed by atoms with Gasteiger partial charge in [-0.05, 0) is 42.5 Å². The third-order valence-electron chi connectivity index (χ3n) is 6.61. The van der Waals surface area contributed by atoms with E-state index in [4.69, 9.17) is 9.47 Å². The molecule has 0 fully saturated rings. The lowest BCUT2D eigenvalue weighted by molar-refractivity contribution is 0.413. The number of H-pyrrole nitrogens is 1. The highest BCUT2D eigenvalue weighted by atomic mass is 16.5. The molecule has 0 saturated heterocycles. The Labute approximate surface area is 223 Å². The smallest absolute Gasteiger partial charge is 0.161 e. The molecule has 8 heteroatoms. The molecule has 3 aromatic carbocycles. The molecule has 8 nitrogen and oxygen atoms in total. The van der Waals surface area contributed by atoms with E-state index in [1.54, 1.807) is 25.6 Å².